The van der Waals surface area contributed by atoms with Crippen LogP contribution < -0.4 is 5.32 Å². The third-order valence-corrected chi connectivity index (χ3v) is 3.80. The summed E-state index contributed by atoms with van der Waals surface area (Å²) in [7, 11) is 1.96. The minimum atomic E-state index is 0.169. The van der Waals surface area contributed by atoms with Crippen molar-refractivity contribution in [3.63, 3.8) is 0 Å². The Bertz CT molecular complexity index is 708. The molecule has 1 aromatic carbocycles. The number of para-hydroxylation sites is 1. The minimum absolute atomic E-state index is 0.169. The Balaban J connectivity index is 1.72. The van der Waals surface area contributed by atoms with Crippen LogP contribution in [0.5, 0.6) is 0 Å². The highest BCUT2D eigenvalue weighted by molar-refractivity contribution is 5.77. The number of furan rings is 1. The molecule has 0 aliphatic rings. The van der Waals surface area contributed by atoms with Crippen molar-refractivity contribution in [3.05, 3.63) is 53.5 Å². The molecule has 0 aliphatic heterocycles. The van der Waals surface area contributed by atoms with Crippen molar-refractivity contribution in [3.8, 4) is 0 Å². The van der Waals surface area contributed by atoms with E-state index in [0.717, 1.165) is 35.4 Å². The van der Waals surface area contributed by atoms with Gasteiger partial charge in [0, 0.05) is 30.7 Å². The maximum Gasteiger partial charge on any atom is 0.134 e. The summed E-state index contributed by atoms with van der Waals surface area (Å²) in [5.74, 6) is 0.970. The molecule has 3 rings (SSSR count). The average molecular weight is 283 g/mol. The second-order valence-corrected chi connectivity index (χ2v) is 5.42. The van der Waals surface area contributed by atoms with Gasteiger partial charge in [-0.1, -0.05) is 25.1 Å². The van der Waals surface area contributed by atoms with Crippen molar-refractivity contribution in [2.24, 2.45) is 7.05 Å². The number of aryl methyl sites for hydroxylation is 2. The first-order valence-corrected chi connectivity index (χ1v) is 7.40. The molecule has 110 valence electrons. The highest BCUT2D eigenvalue weighted by atomic mass is 16.3. The van der Waals surface area contributed by atoms with Crippen molar-refractivity contribution in [2.45, 2.75) is 32.9 Å². The molecule has 4 nitrogen and oxygen atoms in total. The van der Waals surface area contributed by atoms with Gasteiger partial charge >= 0.3 is 0 Å². The quantitative estimate of drug-likeness (QED) is 0.778. The van der Waals surface area contributed by atoms with Crippen LogP contribution in [0.2, 0.25) is 0 Å². The first kappa shape index (κ1) is 13.9. The molecule has 3 aromatic rings. The van der Waals surface area contributed by atoms with E-state index in [2.05, 4.69) is 42.6 Å². The van der Waals surface area contributed by atoms with Gasteiger partial charge < -0.3 is 9.73 Å². The van der Waals surface area contributed by atoms with Crippen molar-refractivity contribution in [1.29, 1.82) is 0 Å². The van der Waals surface area contributed by atoms with Gasteiger partial charge in [0.25, 0.3) is 0 Å². The molecule has 1 unspecified atom stereocenters. The Morgan fingerprint density at radius 3 is 2.90 bits per heavy atom. The van der Waals surface area contributed by atoms with Crippen LogP contribution in [0.3, 0.4) is 0 Å². The molecule has 2 heterocycles. The molecule has 21 heavy (non-hydrogen) atoms. The van der Waals surface area contributed by atoms with Crippen molar-refractivity contribution < 1.29 is 4.42 Å². The van der Waals surface area contributed by atoms with Gasteiger partial charge in [0.05, 0.1) is 11.7 Å². The van der Waals surface area contributed by atoms with Gasteiger partial charge in [-0.05, 0) is 25.5 Å². The molecule has 0 spiro atoms. The first-order valence-electron chi connectivity index (χ1n) is 7.40. The number of hydrogen-bond donors (Lipinski definition) is 1. The SMILES string of the molecule is CCc1nn(C)cc1CNC(C)c1cc2ccccc2o1. The zero-order valence-corrected chi connectivity index (χ0v) is 12.8. The van der Waals surface area contributed by atoms with E-state index in [1.807, 2.05) is 29.9 Å². The van der Waals surface area contributed by atoms with E-state index in [1.54, 1.807) is 0 Å². The maximum atomic E-state index is 5.90. The van der Waals surface area contributed by atoms with Gasteiger partial charge in [0.1, 0.15) is 11.3 Å². The number of nitrogens with one attached hydrogen (secondary N) is 1. The minimum Gasteiger partial charge on any atom is -0.459 e. The number of fused-ring (bicyclic) bond motifs is 1. The van der Waals surface area contributed by atoms with E-state index in [1.165, 1.54) is 5.56 Å². The molecular formula is C17H21N3O. The molecule has 0 bridgehead atoms. The lowest BCUT2D eigenvalue weighted by Crippen LogP contribution is -2.18. The maximum absolute atomic E-state index is 5.90. The smallest absolute Gasteiger partial charge is 0.134 e. The van der Waals surface area contributed by atoms with Gasteiger partial charge in [0.2, 0.25) is 0 Å². The van der Waals surface area contributed by atoms with Gasteiger partial charge in [-0.2, -0.15) is 5.10 Å². The van der Waals surface area contributed by atoms with Gasteiger partial charge in [-0.15, -0.1) is 0 Å². The molecule has 1 atom stereocenters. The van der Waals surface area contributed by atoms with Gasteiger partial charge in [-0.25, -0.2) is 0 Å². The van der Waals surface area contributed by atoms with E-state index in [9.17, 15) is 0 Å². The van der Waals surface area contributed by atoms with Crippen LogP contribution in [0.15, 0.2) is 40.9 Å². The number of nitrogens with zero attached hydrogens (tertiary/aromatic N) is 2. The van der Waals surface area contributed by atoms with E-state index in [4.69, 9.17) is 4.42 Å². The summed E-state index contributed by atoms with van der Waals surface area (Å²) in [4.78, 5) is 0. The average Bonchev–Trinajstić information content (AvgIpc) is 3.07. The Kier molecular flexibility index (Phi) is 3.80. The van der Waals surface area contributed by atoms with Crippen molar-refractivity contribution >= 4 is 11.0 Å². The standard InChI is InChI=1S/C17H21N3O/c1-4-15-14(11-20(3)19-15)10-18-12(2)17-9-13-7-5-6-8-16(13)21-17/h5-9,11-12,18H,4,10H2,1-3H3. The lowest BCUT2D eigenvalue weighted by atomic mass is 10.2. The Morgan fingerprint density at radius 2 is 2.14 bits per heavy atom. The summed E-state index contributed by atoms with van der Waals surface area (Å²) in [6, 6.07) is 10.4. The fourth-order valence-electron chi connectivity index (χ4n) is 2.61. The number of rotatable bonds is 5. The van der Waals surface area contributed by atoms with Crippen LogP contribution in [0.25, 0.3) is 11.0 Å². The van der Waals surface area contributed by atoms with E-state index in [-0.39, 0.29) is 6.04 Å². The highest BCUT2D eigenvalue weighted by Gasteiger charge is 2.12. The summed E-state index contributed by atoms with van der Waals surface area (Å²) in [6.07, 6.45) is 3.04. The highest BCUT2D eigenvalue weighted by Crippen LogP contribution is 2.23. The van der Waals surface area contributed by atoms with Crippen LogP contribution in [0.1, 0.15) is 36.9 Å². The molecule has 0 aliphatic carbocycles. The summed E-state index contributed by atoms with van der Waals surface area (Å²) in [5.41, 5.74) is 3.35. The summed E-state index contributed by atoms with van der Waals surface area (Å²) >= 11 is 0. The predicted molar refractivity (Wildman–Crippen MR) is 84.1 cm³/mol. The van der Waals surface area contributed by atoms with Crippen LogP contribution in [0, 0.1) is 0 Å². The predicted octanol–water partition coefficient (Wildman–Crippen LogP) is 3.58. The van der Waals surface area contributed by atoms with Crippen LogP contribution in [-0.2, 0) is 20.0 Å². The normalized spacial score (nSPS) is 12.9. The molecule has 1 N–H and O–H groups in total. The molecule has 0 radical (unpaired) electrons. The van der Waals surface area contributed by atoms with Crippen LogP contribution in [-0.4, -0.2) is 9.78 Å². The topological polar surface area (TPSA) is 43.0 Å². The Hall–Kier alpha value is -2.07. The Morgan fingerprint density at radius 1 is 1.33 bits per heavy atom. The molecule has 0 saturated carbocycles. The lowest BCUT2D eigenvalue weighted by Gasteiger charge is -2.10. The first-order chi connectivity index (χ1) is 10.2. The van der Waals surface area contributed by atoms with Crippen LogP contribution >= 0.6 is 0 Å². The fourth-order valence-corrected chi connectivity index (χ4v) is 2.61. The van der Waals surface area contributed by atoms with Crippen molar-refractivity contribution in [1.82, 2.24) is 15.1 Å². The molecule has 0 saturated heterocycles. The third kappa shape index (κ3) is 2.85. The molecule has 0 fully saturated rings. The van der Waals surface area contributed by atoms with E-state index in [0.29, 0.717) is 0 Å². The molecule has 0 amide bonds. The second kappa shape index (κ2) is 5.74. The number of benzene rings is 1. The zero-order chi connectivity index (χ0) is 14.8. The zero-order valence-electron chi connectivity index (χ0n) is 12.8. The molecular weight excluding hydrogens is 262 g/mol. The number of aromatic nitrogens is 2. The molecule has 4 heteroatoms. The fraction of sp³-hybridized carbons (Fsp3) is 0.353. The Labute approximate surface area is 124 Å². The largest absolute Gasteiger partial charge is 0.459 e. The summed E-state index contributed by atoms with van der Waals surface area (Å²) in [5, 5.41) is 9.13. The summed E-state index contributed by atoms with van der Waals surface area (Å²) in [6.45, 7) is 5.06. The summed E-state index contributed by atoms with van der Waals surface area (Å²) < 4.78 is 7.77. The van der Waals surface area contributed by atoms with E-state index >= 15 is 0 Å². The van der Waals surface area contributed by atoms with Crippen molar-refractivity contribution in [2.75, 3.05) is 0 Å². The number of hydrogen-bond acceptors (Lipinski definition) is 3. The van der Waals surface area contributed by atoms with E-state index < -0.39 is 0 Å². The monoisotopic (exact) mass is 283 g/mol. The second-order valence-electron chi connectivity index (χ2n) is 5.42. The van der Waals surface area contributed by atoms with Gasteiger partial charge in [-0.3, -0.25) is 4.68 Å². The third-order valence-electron chi connectivity index (χ3n) is 3.80. The van der Waals surface area contributed by atoms with Gasteiger partial charge in [0.15, 0.2) is 0 Å². The van der Waals surface area contributed by atoms with Crippen LogP contribution in [0.4, 0.5) is 0 Å². The lowest BCUT2D eigenvalue weighted by molar-refractivity contribution is 0.450. The molecule has 2 aromatic heterocycles.